The number of amides is 1. The van der Waals surface area contributed by atoms with Gasteiger partial charge in [-0.15, -0.1) is 0 Å². The molecule has 0 spiro atoms. The van der Waals surface area contributed by atoms with Gasteiger partial charge in [-0.1, -0.05) is 18.2 Å². The van der Waals surface area contributed by atoms with Gasteiger partial charge in [0.25, 0.3) is 5.91 Å². The van der Waals surface area contributed by atoms with Crippen molar-refractivity contribution in [1.29, 1.82) is 0 Å². The van der Waals surface area contributed by atoms with Crippen LogP contribution in [0.4, 0.5) is 11.5 Å². The Kier molecular flexibility index (Phi) is 6.25. The summed E-state index contributed by atoms with van der Waals surface area (Å²) in [6.07, 6.45) is 6.30. The number of nitrogens with zero attached hydrogens (tertiary/aromatic N) is 3. The Balaban J connectivity index is 1.65. The highest BCUT2D eigenvalue weighted by Gasteiger charge is 2.15. The maximum absolute atomic E-state index is 12.4. The number of aromatic nitrogens is 3. The van der Waals surface area contributed by atoms with Gasteiger partial charge in [-0.3, -0.25) is 9.78 Å². The van der Waals surface area contributed by atoms with Crippen LogP contribution in [-0.2, 0) is 11.3 Å². The van der Waals surface area contributed by atoms with Crippen molar-refractivity contribution in [1.82, 2.24) is 15.0 Å². The van der Waals surface area contributed by atoms with Crippen LogP contribution in [0.3, 0.4) is 0 Å². The van der Waals surface area contributed by atoms with Gasteiger partial charge < -0.3 is 15.4 Å². The lowest BCUT2D eigenvalue weighted by atomic mass is 10.1. The molecule has 2 aromatic heterocycles. The molecule has 0 atom stereocenters. The number of esters is 1. The average Bonchev–Trinajstić information content (AvgIpc) is 2.74. The molecule has 0 radical (unpaired) electrons. The molecule has 0 fully saturated rings. The molecule has 0 aliphatic rings. The lowest BCUT2D eigenvalue weighted by Gasteiger charge is -2.10. The molecule has 1 amide bonds. The van der Waals surface area contributed by atoms with Gasteiger partial charge in [0.05, 0.1) is 30.3 Å². The normalized spacial score (nSPS) is 10.2. The second-order valence-electron chi connectivity index (χ2n) is 5.72. The second-order valence-corrected chi connectivity index (χ2v) is 5.72. The van der Waals surface area contributed by atoms with Gasteiger partial charge in [-0.2, -0.15) is 0 Å². The van der Waals surface area contributed by atoms with Crippen molar-refractivity contribution in [3.05, 3.63) is 78.0 Å². The van der Waals surface area contributed by atoms with E-state index in [9.17, 15) is 9.59 Å². The number of pyridine rings is 1. The topological polar surface area (TPSA) is 106 Å². The summed E-state index contributed by atoms with van der Waals surface area (Å²) in [7, 11) is 0. The number of nitrogens with one attached hydrogen (secondary N) is 2. The number of rotatable bonds is 7. The molecule has 0 saturated heterocycles. The van der Waals surface area contributed by atoms with Crippen molar-refractivity contribution < 1.29 is 14.3 Å². The standard InChI is InChI=1S/C20H19N5O3/c1-2-28-20(27)15-7-3-4-8-16(15)25-19(26)17-12-24-18(13-22-17)23-11-14-6-5-9-21-10-14/h3-10,12-13H,2,11H2,1H3,(H,23,24)(H,25,26). The molecule has 0 aliphatic carbocycles. The summed E-state index contributed by atoms with van der Waals surface area (Å²) in [4.78, 5) is 36.8. The number of para-hydroxylation sites is 1. The van der Waals surface area contributed by atoms with E-state index in [1.165, 1.54) is 12.4 Å². The van der Waals surface area contributed by atoms with Crippen LogP contribution in [-0.4, -0.2) is 33.4 Å². The lowest BCUT2D eigenvalue weighted by molar-refractivity contribution is 0.0527. The van der Waals surface area contributed by atoms with Crippen molar-refractivity contribution in [3.8, 4) is 0 Å². The Hall–Kier alpha value is -3.81. The highest BCUT2D eigenvalue weighted by molar-refractivity contribution is 6.06. The number of hydrogen-bond acceptors (Lipinski definition) is 7. The van der Waals surface area contributed by atoms with Crippen LogP contribution in [0.15, 0.2) is 61.2 Å². The van der Waals surface area contributed by atoms with E-state index < -0.39 is 11.9 Å². The van der Waals surface area contributed by atoms with Crippen LogP contribution in [0, 0.1) is 0 Å². The van der Waals surface area contributed by atoms with Crippen LogP contribution in [0.2, 0.25) is 0 Å². The highest BCUT2D eigenvalue weighted by Crippen LogP contribution is 2.17. The van der Waals surface area contributed by atoms with E-state index in [0.29, 0.717) is 18.1 Å². The number of anilines is 2. The maximum atomic E-state index is 12.4. The largest absolute Gasteiger partial charge is 0.462 e. The molecule has 1 aromatic carbocycles. The Morgan fingerprint density at radius 3 is 2.61 bits per heavy atom. The molecule has 0 unspecified atom stereocenters. The predicted octanol–water partition coefficient (Wildman–Crippen LogP) is 2.91. The van der Waals surface area contributed by atoms with E-state index in [0.717, 1.165) is 5.56 Å². The fourth-order valence-corrected chi connectivity index (χ4v) is 2.40. The van der Waals surface area contributed by atoms with Crippen molar-refractivity contribution in [2.24, 2.45) is 0 Å². The molecule has 2 heterocycles. The predicted molar refractivity (Wildman–Crippen MR) is 104 cm³/mol. The molecule has 0 aliphatic heterocycles. The highest BCUT2D eigenvalue weighted by atomic mass is 16.5. The SMILES string of the molecule is CCOC(=O)c1ccccc1NC(=O)c1cnc(NCc2cccnc2)cn1. The van der Waals surface area contributed by atoms with E-state index in [4.69, 9.17) is 4.74 Å². The van der Waals surface area contributed by atoms with Gasteiger partial charge in [0.2, 0.25) is 0 Å². The number of carbonyl (C=O) groups excluding carboxylic acids is 2. The average molecular weight is 377 g/mol. The molecule has 0 saturated carbocycles. The number of benzene rings is 1. The van der Waals surface area contributed by atoms with Crippen LogP contribution >= 0.6 is 0 Å². The number of hydrogen-bond donors (Lipinski definition) is 2. The Morgan fingerprint density at radius 2 is 1.89 bits per heavy atom. The Bertz CT molecular complexity index is 946. The first-order valence-corrected chi connectivity index (χ1v) is 8.69. The van der Waals surface area contributed by atoms with E-state index in [1.807, 2.05) is 12.1 Å². The smallest absolute Gasteiger partial charge is 0.340 e. The second kappa shape index (κ2) is 9.22. The van der Waals surface area contributed by atoms with E-state index in [2.05, 4.69) is 25.6 Å². The van der Waals surface area contributed by atoms with E-state index in [1.54, 1.807) is 43.6 Å². The van der Waals surface area contributed by atoms with Crippen molar-refractivity contribution in [2.75, 3.05) is 17.2 Å². The van der Waals surface area contributed by atoms with Gasteiger partial charge >= 0.3 is 5.97 Å². The summed E-state index contributed by atoms with van der Waals surface area (Å²) in [6.45, 7) is 2.51. The van der Waals surface area contributed by atoms with Gasteiger partial charge in [-0.25, -0.2) is 14.8 Å². The summed E-state index contributed by atoms with van der Waals surface area (Å²) in [5.41, 5.74) is 1.76. The minimum absolute atomic E-state index is 0.130. The summed E-state index contributed by atoms with van der Waals surface area (Å²) in [6, 6.07) is 10.4. The molecule has 3 rings (SSSR count). The van der Waals surface area contributed by atoms with Gasteiger partial charge in [0.15, 0.2) is 0 Å². The quantitative estimate of drug-likeness (QED) is 0.610. The fourth-order valence-electron chi connectivity index (χ4n) is 2.40. The summed E-state index contributed by atoms with van der Waals surface area (Å²) in [5, 5.41) is 5.78. The van der Waals surface area contributed by atoms with Gasteiger partial charge in [-0.05, 0) is 30.7 Å². The first-order valence-electron chi connectivity index (χ1n) is 8.69. The summed E-state index contributed by atoms with van der Waals surface area (Å²) in [5.74, 6) is -0.435. The third kappa shape index (κ3) is 4.88. The van der Waals surface area contributed by atoms with Crippen LogP contribution in [0.5, 0.6) is 0 Å². The number of carbonyl (C=O) groups is 2. The summed E-state index contributed by atoms with van der Waals surface area (Å²) < 4.78 is 5.00. The first-order chi connectivity index (χ1) is 13.7. The molecule has 2 N–H and O–H groups in total. The van der Waals surface area contributed by atoms with Crippen molar-refractivity contribution in [3.63, 3.8) is 0 Å². The maximum Gasteiger partial charge on any atom is 0.340 e. The van der Waals surface area contributed by atoms with Crippen LogP contribution in [0.1, 0.15) is 33.3 Å². The van der Waals surface area contributed by atoms with E-state index >= 15 is 0 Å². The van der Waals surface area contributed by atoms with E-state index in [-0.39, 0.29) is 17.9 Å². The first kappa shape index (κ1) is 19.0. The minimum atomic E-state index is -0.501. The molecule has 142 valence electrons. The zero-order chi connectivity index (χ0) is 19.8. The minimum Gasteiger partial charge on any atom is -0.462 e. The Morgan fingerprint density at radius 1 is 1.04 bits per heavy atom. The lowest BCUT2D eigenvalue weighted by Crippen LogP contribution is -2.17. The van der Waals surface area contributed by atoms with Gasteiger partial charge in [0, 0.05) is 18.9 Å². The molecule has 8 heteroatoms. The molecular weight excluding hydrogens is 358 g/mol. The van der Waals surface area contributed by atoms with Crippen molar-refractivity contribution >= 4 is 23.4 Å². The Labute approximate surface area is 162 Å². The van der Waals surface area contributed by atoms with Crippen LogP contribution < -0.4 is 10.6 Å². The van der Waals surface area contributed by atoms with Crippen LogP contribution in [0.25, 0.3) is 0 Å². The molecule has 0 bridgehead atoms. The molecule has 8 nitrogen and oxygen atoms in total. The fraction of sp³-hybridized carbons (Fsp3) is 0.150. The zero-order valence-electron chi connectivity index (χ0n) is 15.3. The third-order valence-electron chi connectivity index (χ3n) is 3.75. The third-order valence-corrected chi connectivity index (χ3v) is 3.75. The molecule has 3 aromatic rings. The molecular formula is C20H19N5O3. The monoisotopic (exact) mass is 377 g/mol. The number of ether oxygens (including phenoxy) is 1. The molecule has 28 heavy (non-hydrogen) atoms. The van der Waals surface area contributed by atoms with Gasteiger partial charge in [0.1, 0.15) is 11.5 Å². The zero-order valence-corrected chi connectivity index (χ0v) is 15.3. The van der Waals surface area contributed by atoms with Crippen molar-refractivity contribution in [2.45, 2.75) is 13.5 Å². The summed E-state index contributed by atoms with van der Waals surface area (Å²) >= 11 is 0.